The molecule has 0 fully saturated rings. The second-order valence-electron chi connectivity index (χ2n) is 2.18. The lowest BCUT2D eigenvalue weighted by Crippen LogP contribution is -2.14. The van der Waals surface area contributed by atoms with E-state index in [0.717, 1.165) is 0 Å². The Morgan fingerprint density at radius 3 is 2.78 bits per heavy atom. The van der Waals surface area contributed by atoms with Gasteiger partial charge in [0.15, 0.2) is 0 Å². The van der Waals surface area contributed by atoms with Gasteiger partial charge in [-0.1, -0.05) is 6.92 Å². The highest BCUT2D eigenvalue weighted by Gasteiger charge is 2.02. The van der Waals surface area contributed by atoms with E-state index in [0.29, 0.717) is 12.8 Å². The van der Waals surface area contributed by atoms with E-state index in [1.807, 2.05) is 6.92 Å². The highest BCUT2D eigenvalue weighted by atomic mass is 16.1. The maximum Gasteiger partial charge on any atom is 0.217 e. The van der Waals surface area contributed by atoms with E-state index in [1.54, 1.807) is 0 Å². The maximum atomic E-state index is 10.2. The Kier molecular flexibility index (Phi) is 3.54. The molecule has 0 heterocycles. The molecule has 0 aromatic heterocycles. The van der Waals surface area contributed by atoms with Crippen LogP contribution in [0.3, 0.4) is 0 Å². The molecule has 0 aromatic rings. The molecule has 2 heteroatoms. The highest BCUT2D eigenvalue weighted by molar-refractivity contribution is 5.73. The lowest BCUT2D eigenvalue weighted by Gasteiger charge is -2.01. The fourth-order valence-corrected chi connectivity index (χ4v) is 0.617. The van der Waals surface area contributed by atoms with Crippen molar-refractivity contribution in [3.8, 4) is 12.3 Å². The van der Waals surface area contributed by atoms with Gasteiger partial charge in [0.05, 0.1) is 0 Å². The van der Waals surface area contributed by atoms with Crippen molar-refractivity contribution in [2.75, 3.05) is 0 Å². The third-order valence-corrected chi connectivity index (χ3v) is 1.02. The van der Waals surface area contributed by atoms with Gasteiger partial charge in [-0.2, -0.15) is 0 Å². The summed E-state index contributed by atoms with van der Waals surface area (Å²) in [4.78, 5) is 10.2. The van der Waals surface area contributed by atoms with Crippen LogP contribution in [0.25, 0.3) is 0 Å². The molecule has 0 radical (unpaired) electrons. The first-order chi connectivity index (χ1) is 4.16. The second kappa shape index (κ2) is 3.96. The number of amides is 1. The van der Waals surface area contributed by atoms with Gasteiger partial charge in [0.25, 0.3) is 0 Å². The number of rotatable bonds is 3. The Morgan fingerprint density at radius 1 is 1.89 bits per heavy atom. The monoisotopic (exact) mass is 125 g/mol. The van der Waals surface area contributed by atoms with Crippen molar-refractivity contribution in [1.29, 1.82) is 0 Å². The number of carbonyl (C=O) groups is 1. The van der Waals surface area contributed by atoms with Crippen LogP contribution in [0, 0.1) is 18.3 Å². The summed E-state index contributed by atoms with van der Waals surface area (Å²) in [5, 5.41) is 0. The summed E-state index contributed by atoms with van der Waals surface area (Å²) in [5.74, 6) is 2.41. The van der Waals surface area contributed by atoms with E-state index in [9.17, 15) is 4.79 Å². The zero-order chi connectivity index (χ0) is 7.28. The summed E-state index contributed by atoms with van der Waals surface area (Å²) in [6.07, 6.45) is 6.02. The molecule has 0 aliphatic heterocycles. The molecule has 1 amide bonds. The molecule has 9 heavy (non-hydrogen) atoms. The minimum atomic E-state index is -0.280. The van der Waals surface area contributed by atoms with Crippen LogP contribution in [0.5, 0.6) is 0 Å². The number of hydrogen-bond donors (Lipinski definition) is 1. The molecule has 2 N–H and O–H groups in total. The van der Waals surface area contributed by atoms with E-state index in [2.05, 4.69) is 5.92 Å². The summed E-state index contributed by atoms with van der Waals surface area (Å²) in [6.45, 7) is 1.91. The summed E-state index contributed by atoms with van der Waals surface area (Å²) >= 11 is 0. The van der Waals surface area contributed by atoms with E-state index in [-0.39, 0.29) is 11.8 Å². The summed E-state index contributed by atoms with van der Waals surface area (Å²) in [7, 11) is 0. The van der Waals surface area contributed by atoms with Crippen molar-refractivity contribution in [1.82, 2.24) is 0 Å². The summed E-state index contributed by atoms with van der Waals surface area (Å²) < 4.78 is 0. The SMILES string of the molecule is C#CCC(C)CC(N)=O. The van der Waals surface area contributed by atoms with Gasteiger partial charge in [0, 0.05) is 12.8 Å². The molecular weight excluding hydrogens is 114 g/mol. The topological polar surface area (TPSA) is 43.1 Å². The predicted molar refractivity (Wildman–Crippen MR) is 36.4 cm³/mol. The quantitative estimate of drug-likeness (QED) is 0.549. The lowest BCUT2D eigenvalue weighted by atomic mass is 10.0. The van der Waals surface area contributed by atoms with Crippen molar-refractivity contribution >= 4 is 5.91 Å². The zero-order valence-corrected chi connectivity index (χ0v) is 5.55. The average Bonchev–Trinajstić information content (AvgIpc) is 1.63. The fraction of sp³-hybridized carbons (Fsp3) is 0.571. The molecule has 50 valence electrons. The highest BCUT2D eigenvalue weighted by Crippen LogP contribution is 2.03. The van der Waals surface area contributed by atoms with Gasteiger partial charge >= 0.3 is 0 Å². The van der Waals surface area contributed by atoms with Crippen LogP contribution in [0.1, 0.15) is 19.8 Å². The molecule has 0 rings (SSSR count). The van der Waals surface area contributed by atoms with Gasteiger partial charge in [-0.05, 0) is 5.92 Å². The van der Waals surface area contributed by atoms with E-state index in [1.165, 1.54) is 0 Å². The van der Waals surface area contributed by atoms with Crippen LogP contribution in [0.2, 0.25) is 0 Å². The summed E-state index contributed by atoms with van der Waals surface area (Å²) in [5.41, 5.74) is 4.92. The first-order valence-corrected chi connectivity index (χ1v) is 2.88. The Hall–Kier alpha value is -0.970. The number of carbonyl (C=O) groups excluding carboxylic acids is 1. The molecule has 0 aliphatic rings. The summed E-state index contributed by atoms with van der Waals surface area (Å²) in [6, 6.07) is 0. The van der Waals surface area contributed by atoms with Gasteiger partial charge in [-0.15, -0.1) is 12.3 Å². The normalized spacial score (nSPS) is 12.0. The molecule has 0 bridgehead atoms. The molecule has 2 nitrogen and oxygen atoms in total. The van der Waals surface area contributed by atoms with Crippen molar-refractivity contribution in [3.63, 3.8) is 0 Å². The fourth-order valence-electron chi connectivity index (χ4n) is 0.617. The molecule has 1 atom stereocenters. The first-order valence-electron chi connectivity index (χ1n) is 2.88. The zero-order valence-electron chi connectivity index (χ0n) is 5.55. The van der Waals surface area contributed by atoms with Gasteiger partial charge < -0.3 is 5.73 Å². The molecular formula is C7H11NO. The van der Waals surface area contributed by atoms with Crippen LogP contribution >= 0.6 is 0 Å². The Balaban J connectivity index is 3.40. The van der Waals surface area contributed by atoms with Gasteiger partial charge in [-0.25, -0.2) is 0 Å². The second-order valence-corrected chi connectivity index (χ2v) is 2.18. The Labute approximate surface area is 55.4 Å². The van der Waals surface area contributed by atoms with E-state index in [4.69, 9.17) is 12.2 Å². The molecule has 0 aromatic carbocycles. The van der Waals surface area contributed by atoms with Crippen molar-refractivity contribution in [3.05, 3.63) is 0 Å². The first kappa shape index (κ1) is 8.03. The van der Waals surface area contributed by atoms with Crippen molar-refractivity contribution in [2.24, 2.45) is 11.7 Å². The molecule has 1 unspecified atom stereocenters. The van der Waals surface area contributed by atoms with Crippen LogP contribution in [0.4, 0.5) is 0 Å². The number of hydrogen-bond acceptors (Lipinski definition) is 1. The van der Waals surface area contributed by atoms with E-state index >= 15 is 0 Å². The molecule has 0 saturated heterocycles. The number of nitrogens with two attached hydrogens (primary N) is 1. The standard InChI is InChI=1S/C7H11NO/c1-3-4-6(2)5-7(8)9/h1,6H,4-5H2,2H3,(H2,8,9). The predicted octanol–water partition coefficient (Wildman–Crippen LogP) is 0.521. The molecule has 0 aliphatic carbocycles. The third kappa shape index (κ3) is 4.89. The Bertz CT molecular complexity index is 134. The van der Waals surface area contributed by atoms with Crippen LogP contribution in [-0.2, 0) is 4.79 Å². The maximum absolute atomic E-state index is 10.2. The lowest BCUT2D eigenvalue weighted by molar-refractivity contribution is -0.118. The van der Waals surface area contributed by atoms with E-state index < -0.39 is 0 Å². The Morgan fingerprint density at radius 2 is 2.44 bits per heavy atom. The van der Waals surface area contributed by atoms with Crippen molar-refractivity contribution < 1.29 is 4.79 Å². The van der Waals surface area contributed by atoms with Crippen LogP contribution < -0.4 is 5.73 Å². The van der Waals surface area contributed by atoms with Gasteiger partial charge in [0.2, 0.25) is 5.91 Å². The van der Waals surface area contributed by atoms with Gasteiger partial charge in [0.1, 0.15) is 0 Å². The number of primary amides is 1. The largest absolute Gasteiger partial charge is 0.370 e. The van der Waals surface area contributed by atoms with Crippen LogP contribution in [-0.4, -0.2) is 5.91 Å². The molecule has 0 saturated carbocycles. The number of terminal acetylenes is 1. The third-order valence-electron chi connectivity index (χ3n) is 1.02. The van der Waals surface area contributed by atoms with Crippen LogP contribution in [0.15, 0.2) is 0 Å². The minimum absolute atomic E-state index is 0.229. The van der Waals surface area contributed by atoms with Gasteiger partial charge in [-0.3, -0.25) is 4.79 Å². The minimum Gasteiger partial charge on any atom is -0.370 e. The van der Waals surface area contributed by atoms with Crippen molar-refractivity contribution in [2.45, 2.75) is 19.8 Å². The average molecular weight is 125 g/mol. The smallest absolute Gasteiger partial charge is 0.217 e. The molecule has 0 spiro atoms.